The van der Waals surface area contributed by atoms with E-state index in [0.717, 1.165) is 0 Å². The average Bonchev–Trinajstić information content (AvgIpc) is 2.35. The molecule has 88 valence electrons. The van der Waals surface area contributed by atoms with Crippen molar-refractivity contribution in [2.24, 2.45) is 0 Å². The number of nitrogens with one attached hydrogen (secondary N) is 1. The third-order valence-corrected chi connectivity index (χ3v) is 2.48. The molecule has 6 nitrogen and oxygen atoms in total. The van der Waals surface area contributed by atoms with Crippen molar-refractivity contribution in [2.75, 3.05) is 27.5 Å². The molecule has 1 heterocycles. The van der Waals surface area contributed by atoms with Gasteiger partial charge in [0.15, 0.2) is 10.7 Å². The summed E-state index contributed by atoms with van der Waals surface area (Å²) in [6.45, 7) is 0. The molecule has 1 amide bonds. The van der Waals surface area contributed by atoms with Crippen molar-refractivity contribution in [3.05, 3.63) is 5.69 Å². The molecule has 0 atom stereocenters. The number of aromatic nitrogens is 2. The van der Waals surface area contributed by atoms with Crippen LogP contribution in [-0.2, 0) is 0 Å². The van der Waals surface area contributed by atoms with Gasteiger partial charge in [0, 0.05) is 7.05 Å². The Hall–Kier alpha value is -1.50. The van der Waals surface area contributed by atoms with Crippen LogP contribution in [0.4, 0.5) is 0 Å². The van der Waals surface area contributed by atoms with Crippen molar-refractivity contribution < 1.29 is 14.3 Å². The van der Waals surface area contributed by atoms with Gasteiger partial charge in [-0.1, -0.05) is 0 Å². The Morgan fingerprint density at radius 3 is 2.31 bits per heavy atom. The number of thioether (sulfide) groups is 1. The lowest BCUT2D eigenvalue weighted by Crippen LogP contribution is -2.21. The fraction of sp³-hybridized carbons (Fsp3) is 0.444. The van der Waals surface area contributed by atoms with Gasteiger partial charge in [0.2, 0.25) is 11.8 Å². The minimum atomic E-state index is -0.345. The van der Waals surface area contributed by atoms with Crippen LogP contribution >= 0.6 is 11.8 Å². The molecule has 1 aromatic rings. The van der Waals surface area contributed by atoms with Gasteiger partial charge in [-0.05, 0) is 6.26 Å². The van der Waals surface area contributed by atoms with E-state index in [1.165, 1.54) is 33.0 Å². The standard InChI is InChI=1S/C9H13N3O3S/c1-10-6(13)5-7(14-2)12-8(15-3)9(11-5)16-4/h1-4H3,(H,10,13). The Morgan fingerprint density at radius 1 is 1.25 bits per heavy atom. The van der Waals surface area contributed by atoms with Crippen LogP contribution < -0.4 is 14.8 Å². The average molecular weight is 243 g/mol. The maximum atomic E-state index is 11.5. The number of ether oxygens (including phenoxy) is 2. The molecule has 0 saturated heterocycles. The third kappa shape index (κ3) is 2.35. The molecule has 7 heteroatoms. The molecule has 0 spiro atoms. The number of hydrogen-bond donors (Lipinski definition) is 1. The monoisotopic (exact) mass is 243 g/mol. The van der Waals surface area contributed by atoms with Crippen LogP contribution in [0.3, 0.4) is 0 Å². The van der Waals surface area contributed by atoms with Crippen molar-refractivity contribution >= 4 is 17.7 Å². The van der Waals surface area contributed by atoms with Crippen molar-refractivity contribution in [3.63, 3.8) is 0 Å². The van der Waals surface area contributed by atoms with E-state index in [9.17, 15) is 4.79 Å². The molecule has 0 aliphatic rings. The quantitative estimate of drug-likeness (QED) is 0.780. The van der Waals surface area contributed by atoms with Crippen LogP contribution in [0.25, 0.3) is 0 Å². The second-order valence-corrected chi connectivity index (χ2v) is 3.47. The largest absolute Gasteiger partial charge is 0.479 e. The highest BCUT2D eigenvalue weighted by atomic mass is 32.2. The summed E-state index contributed by atoms with van der Waals surface area (Å²) in [6, 6.07) is 0. The van der Waals surface area contributed by atoms with Gasteiger partial charge >= 0.3 is 0 Å². The number of methoxy groups -OCH3 is 2. The summed E-state index contributed by atoms with van der Waals surface area (Å²) in [7, 11) is 4.43. The summed E-state index contributed by atoms with van der Waals surface area (Å²) >= 11 is 1.35. The first kappa shape index (κ1) is 12.6. The summed E-state index contributed by atoms with van der Waals surface area (Å²) in [5, 5.41) is 3.02. The van der Waals surface area contributed by atoms with E-state index in [1.54, 1.807) is 0 Å². The molecule has 0 radical (unpaired) electrons. The zero-order chi connectivity index (χ0) is 12.1. The van der Waals surface area contributed by atoms with Gasteiger partial charge in [0.05, 0.1) is 14.2 Å². The minimum absolute atomic E-state index is 0.147. The van der Waals surface area contributed by atoms with E-state index in [2.05, 4.69) is 15.3 Å². The van der Waals surface area contributed by atoms with Crippen LogP contribution in [0.5, 0.6) is 11.8 Å². The maximum Gasteiger partial charge on any atom is 0.275 e. The molecular formula is C9H13N3O3S. The van der Waals surface area contributed by atoms with E-state index < -0.39 is 0 Å². The molecule has 0 fully saturated rings. The van der Waals surface area contributed by atoms with Gasteiger partial charge in [0.1, 0.15) is 0 Å². The Morgan fingerprint density at radius 2 is 1.88 bits per heavy atom. The molecule has 0 saturated carbocycles. The zero-order valence-electron chi connectivity index (χ0n) is 9.53. The van der Waals surface area contributed by atoms with Crippen molar-refractivity contribution in [2.45, 2.75) is 5.03 Å². The predicted molar refractivity (Wildman–Crippen MR) is 60.3 cm³/mol. The summed E-state index contributed by atoms with van der Waals surface area (Å²) in [5.41, 5.74) is 0.148. The lowest BCUT2D eigenvalue weighted by Gasteiger charge is -2.10. The molecular weight excluding hydrogens is 230 g/mol. The van der Waals surface area contributed by atoms with E-state index in [4.69, 9.17) is 9.47 Å². The molecule has 0 aliphatic heterocycles. The van der Waals surface area contributed by atoms with Crippen molar-refractivity contribution in [1.29, 1.82) is 0 Å². The lowest BCUT2D eigenvalue weighted by atomic mass is 10.4. The van der Waals surface area contributed by atoms with Gasteiger partial charge in [0.25, 0.3) is 5.91 Å². The fourth-order valence-electron chi connectivity index (χ4n) is 1.06. The maximum absolute atomic E-state index is 11.5. The fourth-order valence-corrected chi connectivity index (χ4v) is 1.55. The zero-order valence-corrected chi connectivity index (χ0v) is 10.3. The van der Waals surface area contributed by atoms with Gasteiger partial charge in [-0.15, -0.1) is 11.8 Å². The number of hydrogen-bond acceptors (Lipinski definition) is 6. The van der Waals surface area contributed by atoms with Crippen LogP contribution in [0.15, 0.2) is 5.03 Å². The van der Waals surface area contributed by atoms with Crippen LogP contribution in [0.1, 0.15) is 10.5 Å². The molecule has 16 heavy (non-hydrogen) atoms. The predicted octanol–water partition coefficient (Wildman–Crippen LogP) is 0.575. The first-order valence-corrected chi connectivity index (χ1v) is 5.66. The second-order valence-electron chi connectivity index (χ2n) is 2.68. The van der Waals surface area contributed by atoms with E-state index in [-0.39, 0.29) is 17.5 Å². The molecule has 1 rings (SSSR count). The normalized spacial score (nSPS) is 9.75. The summed E-state index contributed by atoms with van der Waals surface area (Å²) in [4.78, 5) is 19.7. The first-order valence-electron chi connectivity index (χ1n) is 4.44. The number of carbonyl (C=O) groups excluding carboxylic acids is 1. The van der Waals surface area contributed by atoms with Crippen molar-refractivity contribution in [1.82, 2.24) is 15.3 Å². The SMILES string of the molecule is CNC(=O)c1nc(SC)c(OC)nc1OC. The van der Waals surface area contributed by atoms with Gasteiger partial charge < -0.3 is 14.8 Å². The highest BCUT2D eigenvalue weighted by molar-refractivity contribution is 7.98. The number of amides is 1. The Bertz CT molecular complexity index is 398. The number of rotatable bonds is 4. The van der Waals surface area contributed by atoms with Gasteiger partial charge in [-0.3, -0.25) is 4.79 Å². The summed E-state index contributed by atoms with van der Waals surface area (Å²) < 4.78 is 10.0. The third-order valence-electron chi connectivity index (χ3n) is 1.82. The number of carbonyl (C=O) groups is 1. The molecule has 1 N–H and O–H groups in total. The summed E-state index contributed by atoms with van der Waals surface area (Å²) in [6.07, 6.45) is 1.83. The Balaban J connectivity index is 3.31. The second kappa shape index (κ2) is 5.55. The molecule has 0 unspecified atom stereocenters. The minimum Gasteiger partial charge on any atom is -0.479 e. The van der Waals surface area contributed by atoms with E-state index in [1.807, 2.05) is 6.26 Å². The molecule has 0 aliphatic carbocycles. The Labute approximate surface area is 97.8 Å². The molecule has 1 aromatic heterocycles. The molecule has 0 aromatic carbocycles. The van der Waals surface area contributed by atoms with Gasteiger partial charge in [-0.2, -0.15) is 4.98 Å². The van der Waals surface area contributed by atoms with E-state index >= 15 is 0 Å². The number of nitrogens with zero attached hydrogens (tertiary/aromatic N) is 2. The summed E-state index contributed by atoms with van der Waals surface area (Å²) in [5.74, 6) is 0.147. The lowest BCUT2D eigenvalue weighted by molar-refractivity contribution is 0.0952. The molecule has 0 bridgehead atoms. The smallest absolute Gasteiger partial charge is 0.275 e. The first-order chi connectivity index (χ1) is 7.67. The van der Waals surface area contributed by atoms with Gasteiger partial charge in [-0.25, -0.2) is 4.98 Å². The highest BCUT2D eigenvalue weighted by Gasteiger charge is 2.19. The van der Waals surface area contributed by atoms with E-state index in [0.29, 0.717) is 10.9 Å². The van der Waals surface area contributed by atoms with Crippen molar-refractivity contribution in [3.8, 4) is 11.8 Å². The van der Waals surface area contributed by atoms with Crippen LogP contribution in [0, 0.1) is 0 Å². The van der Waals surface area contributed by atoms with Crippen LogP contribution in [-0.4, -0.2) is 43.4 Å². The topological polar surface area (TPSA) is 73.3 Å². The highest BCUT2D eigenvalue weighted by Crippen LogP contribution is 2.27. The Kier molecular flexibility index (Phi) is 4.36. The van der Waals surface area contributed by atoms with Crippen LogP contribution in [0.2, 0.25) is 0 Å².